The molecular formula is C16H12BrNOS. The Hall–Kier alpha value is -1.65. The number of thiazole rings is 1. The largest absolute Gasteiger partial charge is 0.488 e. The highest BCUT2D eigenvalue weighted by Gasteiger charge is 2.08. The summed E-state index contributed by atoms with van der Waals surface area (Å²) < 4.78 is 7.68. The van der Waals surface area contributed by atoms with Gasteiger partial charge in [0.15, 0.2) is 0 Å². The van der Waals surface area contributed by atoms with Crippen molar-refractivity contribution >= 4 is 37.5 Å². The second-order valence-corrected chi connectivity index (χ2v) is 6.12. The first kappa shape index (κ1) is 13.3. The Morgan fingerprint density at radius 2 is 2.10 bits per heavy atom. The molecule has 4 heteroatoms. The van der Waals surface area contributed by atoms with Crippen LogP contribution in [0.5, 0.6) is 5.75 Å². The van der Waals surface area contributed by atoms with Crippen molar-refractivity contribution in [2.75, 3.05) is 6.61 Å². The zero-order chi connectivity index (χ0) is 13.9. The van der Waals surface area contributed by atoms with Crippen LogP contribution in [-0.4, -0.2) is 11.6 Å². The quantitative estimate of drug-likeness (QED) is 0.599. The minimum Gasteiger partial charge on any atom is -0.488 e. The Kier molecular flexibility index (Phi) is 3.85. The maximum atomic E-state index is 5.55. The van der Waals surface area contributed by atoms with Crippen molar-refractivity contribution in [1.29, 1.82) is 0 Å². The van der Waals surface area contributed by atoms with Gasteiger partial charge in [-0.25, -0.2) is 4.98 Å². The monoisotopic (exact) mass is 345 g/mol. The van der Waals surface area contributed by atoms with E-state index in [0.717, 1.165) is 26.3 Å². The van der Waals surface area contributed by atoms with Crippen LogP contribution in [0.25, 0.3) is 20.8 Å². The van der Waals surface area contributed by atoms with Gasteiger partial charge in [0.2, 0.25) is 0 Å². The van der Waals surface area contributed by atoms with Crippen LogP contribution >= 0.6 is 27.3 Å². The molecule has 1 heterocycles. The molecule has 2 nitrogen and oxygen atoms in total. The molecule has 0 aliphatic carbocycles. The Morgan fingerprint density at radius 3 is 2.85 bits per heavy atom. The van der Waals surface area contributed by atoms with Crippen LogP contribution in [0.4, 0.5) is 0 Å². The van der Waals surface area contributed by atoms with Crippen molar-refractivity contribution in [3.8, 4) is 16.3 Å². The number of benzene rings is 2. The van der Waals surface area contributed by atoms with Crippen molar-refractivity contribution in [3.63, 3.8) is 0 Å². The first-order valence-corrected chi connectivity index (χ1v) is 7.78. The fourth-order valence-electron chi connectivity index (χ4n) is 1.90. The lowest BCUT2D eigenvalue weighted by atomic mass is 10.2. The Bertz CT molecular complexity index is 733. The summed E-state index contributed by atoms with van der Waals surface area (Å²) in [6.45, 7) is 4.15. The minimum absolute atomic E-state index is 0.499. The van der Waals surface area contributed by atoms with E-state index in [1.807, 2.05) is 36.4 Å². The molecule has 3 rings (SSSR count). The van der Waals surface area contributed by atoms with Gasteiger partial charge < -0.3 is 4.74 Å². The van der Waals surface area contributed by atoms with Crippen LogP contribution in [0.1, 0.15) is 0 Å². The van der Waals surface area contributed by atoms with Crippen LogP contribution in [0.2, 0.25) is 0 Å². The summed E-state index contributed by atoms with van der Waals surface area (Å²) in [6.07, 6.45) is 1.73. The Morgan fingerprint density at radius 1 is 1.25 bits per heavy atom. The summed E-state index contributed by atoms with van der Waals surface area (Å²) >= 11 is 5.23. The van der Waals surface area contributed by atoms with Gasteiger partial charge >= 0.3 is 0 Å². The zero-order valence-electron chi connectivity index (χ0n) is 10.7. The van der Waals surface area contributed by atoms with E-state index in [2.05, 4.69) is 33.6 Å². The molecule has 0 fully saturated rings. The van der Waals surface area contributed by atoms with E-state index in [-0.39, 0.29) is 0 Å². The van der Waals surface area contributed by atoms with Gasteiger partial charge in [-0.1, -0.05) is 24.8 Å². The van der Waals surface area contributed by atoms with Gasteiger partial charge in [-0.05, 0) is 46.3 Å². The highest BCUT2D eigenvalue weighted by atomic mass is 79.9. The van der Waals surface area contributed by atoms with Crippen molar-refractivity contribution in [2.45, 2.75) is 0 Å². The number of para-hydroxylation sites is 1. The summed E-state index contributed by atoms with van der Waals surface area (Å²) in [7, 11) is 0. The van der Waals surface area contributed by atoms with E-state index in [1.165, 1.54) is 4.70 Å². The first-order chi connectivity index (χ1) is 9.78. The number of hydrogen-bond acceptors (Lipinski definition) is 3. The lowest BCUT2D eigenvalue weighted by Gasteiger charge is -2.06. The number of rotatable bonds is 4. The summed E-state index contributed by atoms with van der Waals surface area (Å²) in [4.78, 5) is 4.66. The summed E-state index contributed by atoms with van der Waals surface area (Å²) in [5.41, 5.74) is 2.12. The summed E-state index contributed by atoms with van der Waals surface area (Å²) in [6, 6.07) is 14.2. The third-order valence-electron chi connectivity index (χ3n) is 2.83. The molecule has 2 aromatic carbocycles. The summed E-state index contributed by atoms with van der Waals surface area (Å²) in [5, 5.41) is 1.02. The molecule has 0 unspecified atom stereocenters. The van der Waals surface area contributed by atoms with Gasteiger partial charge in [-0.15, -0.1) is 11.3 Å². The minimum atomic E-state index is 0.499. The maximum Gasteiger partial charge on any atom is 0.133 e. The fraction of sp³-hybridized carbons (Fsp3) is 0.0625. The van der Waals surface area contributed by atoms with Crippen LogP contribution in [-0.2, 0) is 0 Å². The van der Waals surface area contributed by atoms with Crippen molar-refractivity contribution < 1.29 is 4.74 Å². The van der Waals surface area contributed by atoms with Crippen molar-refractivity contribution in [3.05, 3.63) is 59.6 Å². The van der Waals surface area contributed by atoms with Crippen LogP contribution in [0.15, 0.2) is 59.6 Å². The predicted molar refractivity (Wildman–Crippen MR) is 88.4 cm³/mol. The molecule has 0 radical (unpaired) electrons. The third-order valence-corrected chi connectivity index (χ3v) is 4.53. The Labute approximate surface area is 129 Å². The molecule has 0 saturated heterocycles. The molecule has 1 aromatic heterocycles. The molecule has 20 heavy (non-hydrogen) atoms. The van der Waals surface area contributed by atoms with Crippen LogP contribution < -0.4 is 4.74 Å². The number of halogens is 1. The number of nitrogens with zero attached hydrogens (tertiary/aromatic N) is 1. The molecule has 3 aromatic rings. The van der Waals surface area contributed by atoms with Gasteiger partial charge in [-0.2, -0.15) is 0 Å². The number of ether oxygens (including phenoxy) is 1. The smallest absolute Gasteiger partial charge is 0.133 e. The second kappa shape index (κ2) is 5.77. The SMILES string of the molecule is C=CCOc1ccc(-c2nc3ccccc3s2)cc1Br. The van der Waals surface area contributed by atoms with E-state index < -0.39 is 0 Å². The van der Waals surface area contributed by atoms with Gasteiger partial charge in [0.25, 0.3) is 0 Å². The maximum absolute atomic E-state index is 5.55. The van der Waals surface area contributed by atoms with E-state index >= 15 is 0 Å². The fourth-order valence-corrected chi connectivity index (χ4v) is 3.35. The van der Waals surface area contributed by atoms with Gasteiger partial charge in [0.05, 0.1) is 14.7 Å². The first-order valence-electron chi connectivity index (χ1n) is 6.17. The van der Waals surface area contributed by atoms with Gasteiger partial charge in [0, 0.05) is 5.56 Å². The van der Waals surface area contributed by atoms with Crippen LogP contribution in [0.3, 0.4) is 0 Å². The molecule has 0 spiro atoms. The van der Waals surface area contributed by atoms with E-state index in [0.29, 0.717) is 6.61 Å². The van der Waals surface area contributed by atoms with Crippen LogP contribution in [0, 0.1) is 0 Å². The highest BCUT2D eigenvalue weighted by molar-refractivity contribution is 9.10. The van der Waals surface area contributed by atoms with E-state index in [1.54, 1.807) is 17.4 Å². The number of aromatic nitrogens is 1. The molecule has 0 N–H and O–H groups in total. The van der Waals surface area contributed by atoms with E-state index in [9.17, 15) is 0 Å². The molecule has 100 valence electrons. The lowest BCUT2D eigenvalue weighted by molar-refractivity contribution is 0.361. The average molecular weight is 346 g/mol. The normalized spacial score (nSPS) is 10.7. The molecular weight excluding hydrogens is 334 g/mol. The average Bonchev–Trinajstić information content (AvgIpc) is 2.90. The van der Waals surface area contributed by atoms with Crippen molar-refractivity contribution in [1.82, 2.24) is 4.98 Å². The topological polar surface area (TPSA) is 22.1 Å². The van der Waals surface area contributed by atoms with E-state index in [4.69, 9.17) is 4.74 Å². The molecule has 0 aliphatic rings. The predicted octanol–water partition coefficient (Wildman–Crippen LogP) is 5.29. The lowest BCUT2D eigenvalue weighted by Crippen LogP contribution is -1.93. The van der Waals surface area contributed by atoms with Crippen molar-refractivity contribution in [2.24, 2.45) is 0 Å². The van der Waals surface area contributed by atoms with Gasteiger partial charge in [0.1, 0.15) is 17.4 Å². The molecule has 0 bridgehead atoms. The van der Waals surface area contributed by atoms with Gasteiger partial charge in [-0.3, -0.25) is 0 Å². The summed E-state index contributed by atoms with van der Waals surface area (Å²) in [5.74, 6) is 0.815. The molecule has 0 saturated carbocycles. The zero-order valence-corrected chi connectivity index (χ0v) is 13.1. The molecule has 0 amide bonds. The standard InChI is InChI=1S/C16H12BrNOS/c1-2-9-19-14-8-7-11(10-12(14)17)16-18-13-5-3-4-6-15(13)20-16/h2-8,10H,1,9H2. The Balaban J connectivity index is 1.97. The second-order valence-electron chi connectivity index (χ2n) is 4.23. The number of hydrogen-bond donors (Lipinski definition) is 0. The molecule has 0 atom stereocenters. The highest BCUT2D eigenvalue weighted by Crippen LogP contribution is 2.34. The third kappa shape index (κ3) is 2.62. The molecule has 0 aliphatic heterocycles. The number of fused-ring (bicyclic) bond motifs is 1.